The first-order valence-corrected chi connectivity index (χ1v) is 12.7. The van der Waals surface area contributed by atoms with Gasteiger partial charge in [-0.1, -0.05) is 6.07 Å². The van der Waals surface area contributed by atoms with Crippen LogP contribution in [0.3, 0.4) is 0 Å². The van der Waals surface area contributed by atoms with E-state index in [0.717, 1.165) is 5.56 Å². The maximum Gasteiger partial charge on any atom is 0.229 e. The van der Waals surface area contributed by atoms with E-state index >= 15 is 0 Å². The third kappa shape index (κ3) is 7.06. The predicted molar refractivity (Wildman–Crippen MR) is 139 cm³/mol. The third-order valence-electron chi connectivity index (χ3n) is 6.57. The third-order valence-corrected chi connectivity index (χ3v) is 6.57. The van der Waals surface area contributed by atoms with E-state index in [2.05, 4.69) is 0 Å². The van der Waals surface area contributed by atoms with Crippen molar-refractivity contribution < 1.29 is 64.2 Å². The Morgan fingerprint density at radius 2 is 1.48 bits per heavy atom. The highest BCUT2D eigenvalue weighted by Crippen LogP contribution is 2.41. The van der Waals surface area contributed by atoms with Gasteiger partial charge in [-0.15, -0.1) is 0 Å². The van der Waals surface area contributed by atoms with Crippen LogP contribution in [0.25, 0.3) is 0 Å². The van der Waals surface area contributed by atoms with Crippen LogP contribution in [-0.4, -0.2) is 114 Å². The van der Waals surface area contributed by atoms with Crippen molar-refractivity contribution >= 4 is 0 Å². The van der Waals surface area contributed by atoms with Crippen molar-refractivity contribution in [2.75, 3.05) is 41.2 Å². The number of aliphatic hydroxyl groups is 7. The molecule has 3 rings (SSSR count). The second-order valence-corrected chi connectivity index (χ2v) is 9.17. The second-order valence-electron chi connectivity index (χ2n) is 9.17. The van der Waals surface area contributed by atoms with E-state index in [1.165, 1.54) is 39.5 Å². The minimum absolute atomic E-state index is 0.0253. The molecule has 1 fully saturated rings. The second kappa shape index (κ2) is 14.7. The molecule has 0 amide bonds. The lowest BCUT2D eigenvalue weighted by Gasteiger charge is -2.39. The minimum Gasteiger partial charge on any atom is -0.493 e. The molecule has 0 bridgehead atoms. The first-order chi connectivity index (χ1) is 19.2. The van der Waals surface area contributed by atoms with Gasteiger partial charge in [0.25, 0.3) is 0 Å². The van der Waals surface area contributed by atoms with Crippen LogP contribution in [0.4, 0.5) is 0 Å². The Morgan fingerprint density at radius 3 is 2.02 bits per heavy atom. The van der Waals surface area contributed by atoms with Gasteiger partial charge in [-0.25, -0.2) is 0 Å². The Bertz CT molecular complexity index is 1050. The standard InChI is InChI=1S/C27H38O13/c1-35-17-11-15(6-7-16(17)39-27-25(34)24(33)23(32)21(13-30)40-27)22(31)20(12-29)38-26-18(36-2)9-14(5-4-8-28)10-19(26)37-3/h6-7,9-11,20-25,27-34H,4-5,8,12-13H2,1-3H3/t20-,21+,22+,23+,24-,25+,27+/m0/s1. The lowest BCUT2D eigenvalue weighted by molar-refractivity contribution is -0.277. The van der Waals surface area contributed by atoms with Crippen LogP contribution >= 0.6 is 0 Å². The summed E-state index contributed by atoms with van der Waals surface area (Å²) in [6.07, 6.45) is -8.77. The highest BCUT2D eigenvalue weighted by atomic mass is 16.7. The molecular formula is C27H38O13. The van der Waals surface area contributed by atoms with Gasteiger partial charge < -0.3 is 64.2 Å². The quantitative estimate of drug-likeness (QED) is 0.151. The molecule has 224 valence electrons. The molecule has 0 spiro atoms. The van der Waals surface area contributed by atoms with Crippen LogP contribution in [0, 0.1) is 0 Å². The monoisotopic (exact) mass is 570 g/mol. The molecule has 7 atom stereocenters. The molecule has 40 heavy (non-hydrogen) atoms. The van der Waals surface area contributed by atoms with Crippen LogP contribution in [0.5, 0.6) is 28.7 Å². The molecule has 0 unspecified atom stereocenters. The Kier molecular flexibility index (Phi) is 11.6. The summed E-state index contributed by atoms with van der Waals surface area (Å²) >= 11 is 0. The van der Waals surface area contributed by atoms with E-state index in [1.807, 2.05) is 0 Å². The maximum atomic E-state index is 11.1. The molecule has 1 aliphatic rings. The lowest BCUT2D eigenvalue weighted by atomic mass is 9.99. The first-order valence-electron chi connectivity index (χ1n) is 12.7. The van der Waals surface area contributed by atoms with Gasteiger partial charge >= 0.3 is 0 Å². The number of ether oxygens (including phenoxy) is 6. The van der Waals surface area contributed by atoms with E-state index in [1.54, 1.807) is 12.1 Å². The van der Waals surface area contributed by atoms with Gasteiger partial charge in [0.2, 0.25) is 12.0 Å². The van der Waals surface area contributed by atoms with Crippen molar-refractivity contribution in [2.45, 2.75) is 55.8 Å². The molecule has 2 aromatic rings. The van der Waals surface area contributed by atoms with Crippen molar-refractivity contribution in [3.8, 4) is 28.7 Å². The number of aliphatic hydroxyl groups excluding tert-OH is 7. The highest BCUT2D eigenvalue weighted by molar-refractivity contribution is 5.54. The van der Waals surface area contributed by atoms with Crippen LogP contribution in [0.2, 0.25) is 0 Å². The van der Waals surface area contributed by atoms with Gasteiger partial charge in [0.15, 0.2) is 29.1 Å². The van der Waals surface area contributed by atoms with E-state index in [4.69, 9.17) is 33.5 Å². The largest absolute Gasteiger partial charge is 0.493 e. The summed E-state index contributed by atoms with van der Waals surface area (Å²) in [5.74, 6) is 1.00. The summed E-state index contributed by atoms with van der Waals surface area (Å²) in [7, 11) is 4.24. The molecule has 1 heterocycles. The van der Waals surface area contributed by atoms with E-state index in [9.17, 15) is 30.6 Å². The number of hydrogen-bond acceptors (Lipinski definition) is 13. The van der Waals surface area contributed by atoms with Crippen LogP contribution in [-0.2, 0) is 11.2 Å². The number of benzene rings is 2. The van der Waals surface area contributed by atoms with Gasteiger partial charge in [0.1, 0.15) is 30.5 Å². The highest BCUT2D eigenvalue weighted by Gasteiger charge is 2.45. The van der Waals surface area contributed by atoms with Crippen LogP contribution < -0.4 is 23.7 Å². The van der Waals surface area contributed by atoms with Crippen LogP contribution in [0.1, 0.15) is 23.7 Å². The van der Waals surface area contributed by atoms with Crippen molar-refractivity contribution in [3.63, 3.8) is 0 Å². The number of aryl methyl sites for hydroxylation is 1. The minimum atomic E-state index is -1.63. The molecule has 13 nitrogen and oxygen atoms in total. The van der Waals surface area contributed by atoms with Gasteiger partial charge in [-0.05, 0) is 48.2 Å². The molecule has 0 aliphatic carbocycles. The average Bonchev–Trinajstić information content (AvgIpc) is 2.98. The molecule has 2 aromatic carbocycles. The average molecular weight is 571 g/mol. The Labute approximate surface area is 231 Å². The maximum absolute atomic E-state index is 11.1. The molecule has 7 N–H and O–H groups in total. The summed E-state index contributed by atoms with van der Waals surface area (Å²) in [5.41, 5.74) is 1.13. The Balaban J connectivity index is 1.83. The summed E-state index contributed by atoms with van der Waals surface area (Å²) in [6, 6.07) is 7.78. The van der Waals surface area contributed by atoms with Gasteiger partial charge in [-0.3, -0.25) is 0 Å². The van der Waals surface area contributed by atoms with Crippen molar-refractivity contribution in [3.05, 3.63) is 41.5 Å². The zero-order valence-electron chi connectivity index (χ0n) is 22.5. The van der Waals surface area contributed by atoms with Gasteiger partial charge in [0, 0.05) is 6.61 Å². The zero-order chi connectivity index (χ0) is 29.4. The smallest absolute Gasteiger partial charge is 0.229 e. The summed E-state index contributed by atoms with van der Waals surface area (Å²) in [6.45, 7) is -1.17. The first kappa shape index (κ1) is 31.6. The Morgan fingerprint density at radius 1 is 0.825 bits per heavy atom. The predicted octanol–water partition coefficient (Wildman–Crippen LogP) is -0.711. The molecule has 13 heteroatoms. The van der Waals surface area contributed by atoms with Crippen molar-refractivity contribution in [2.24, 2.45) is 0 Å². The molecule has 0 saturated carbocycles. The fraction of sp³-hybridized carbons (Fsp3) is 0.556. The normalized spacial score (nSPS) is 24.2. The van der Waals surface area contributed by atoms with Gasteiger partial charge in [0.05, 0.1) is 34.5 Å². The fourth-order valence-corrected chi connectivity index (χ4v) is 4.30. The number of methoxy groups -OCH3 is 3. The molecule has 1 aliphatic heterocycles. The number of rotatable bonds is 14. The van der Waals surface area contributed by atoms with E-state index < -0.39 is 56.1 Å². The van der Waals surface area contributed by atoms with Crippen molar-refractivity contribution in [1.82, 2.24) is 0 Å². The Hall–Kier alpha value is -2.88. The summed E-state index contributed by atoms with van der Waals surface area (Å²) in [5, 5.41) is 70.0. The lowest BCUT2D eigenvalue weighted by Crippen LogP contribution is -2.60. The molecule has 0 aromatic heterocycles. The number of hydrogen-bond donors (Lipinski definition) is 7. The summed E-state index contributed by atoms with van der Waals surface area (Å²) in [4.78, 5) is 0. The van der Waals surface area contributed by atoms with Gasteiger partial charge in [-0.2, -0.15) is 0 Å². The zero-order valence-corrected chi connectivity index (χ0v) is 22.5. The van der Waals surface area contributed by atoms with Crippen LogP contribution in [0.15, 0.2) is 30.3 Å². The molecular weight excluding hydrogens is 532 g/mol. The van der Waals surface area contributed by atoms with E-state index in [0.29, 0.717) is 24.3 Å². The molecule has 1 saturated heterocycles. The fourth-order valence-electron chi connectivity index (χ4n) is 4.30. The topological polar surface area (TPSA) is 197 Å². The molecule has 0 radical (unpaired) electrons. The van der Waals surface area contributed by atoms with Crippen molar-refractivity contribution in [1.29, 1.82) is 0 Å². The van der Waals surface area contributed by atoms with E-state index in [-0.39, 0.29) is 29.4 Å². The summed E-state index contributed by atoms with van der Waals surface area (Å²) < 4.78 is 33.3. The SMILES string of the molecule is COc1cc([C@@H](O)[C@H](CO)Oc2c(OC)cc(CCCO)cc2OC)ccc1O[C@@H]1O[C@H](CO)[C@@H](O)[C@H](O)[C@H]1O.